The van der Waals surface area contributed by atoms with E-state index in [-0.39, 0.29) is 12.5 Å². The monoisotopic (exact) mass is 218 g/mol. The maximum atomic E-state index is 8.98. The van der Waals surface area contributed by atoms with Gasteiger partial charge in [0.05, 0.1) is 18.6 Å². The second-order valence-electron chi connectivity index (χ2n) is 3.97. The Bertz CT molecular complexity index is 332. The maximum absolute atomic E-state index is 8.98. The number of aliphatic hydroxyl groups is 1. The van der Waals surface area contributed by atoms with Crippen molar-refractivity contribution in [3.05, 3.63) is 35.9 Å². The van der Waals surface area contributed by atoms with Crippen molar-refractivity contribution >= 4 is 0 Å². The van der Waals surface area contributed by atoms with Crippen molar-refractivity contribution in [2.24, 2.45) is 5.92 Å². The van der Waals surface area contributed by atoms with Gasteiger partial charge in [-0.1, -0.05) is 30.3 Å². The molecule has 1 N–H and O–H groups in total. The summed E-state index contributed by atoms with van der Waals surface area (Å²) in [6.45, 7) is 4.13. The Balaban J connectivity index is 2.55. The number of benzene rings is 1. The van der Waals surface area contributed by atoms with Gasteiger partial charge in [-0.2, -0.15) is 5.26 Å². The fourth-order valence-corrected chi connectivity index (χ4v) is 1.65. The molecule has 0 radical (unpaired) electrons. The predicted molar refractivity (Wildman–Crippen MR) is 63.6 cm³/mol. The van der Waals surface area contributed by atoms with Gasteiger partial charge in [0.15, 0.2) is 0 Å². The van der Waals surface area contributed by atoms with Crippen LogP contribution in [0.2, 0.25) is 0 Å². The number of hydrogen-bond donors (Lipinski definition) is 1. The first-order valence-electron chi connectivity index (χ1n) is 5.53. The van der Waals surface area contributed by atoms with Crippen molar-refractivity contribution in [2.75, 3.05) is 19.7 Å². The van der Waals surface area contributed by atoms with Gasteiger partial charge in [0.1, 0.15) is 0 Å². The first-order chi connectivity index (χ1) is 7.76. The van der Waals surface area contributed by atoms with Crippen molar-refractivity contribution in [1.29, 1.82) is 5.26 Å². The molecule has 0 aliphatic heterocycles. The van der Waals surface area contributed by atoms with E-state index in [4.69, 9.17) is 10.4 Å². The van der Waals surface area contributed by atoms with Crippen LogP contribution in [0.1, 0.15) is 12.5 Å². The normalized spacial score (nSPS) is 12.4. The Morgan fingerprint density at radius 2 is 2.06 bits per heavy atom. The van der Waals surface area contributed by atoms with Crippen molar-refractivity contribution in [3.63, 3.8) is 0 Å². The topological polar surface area (TPSA) is 47.3 Å². The average Bonchev–Trinajstić information content (AvgIpc) is 2.30. The van der Waals surface area contributed by atoms with Crippen LogP contribution in [0.5, 0.6) is 0 Å². The third-order valence-corrected chi connectivity index (χ3v) is 2.42. The molecule has 0 amide bonds. The van der Waals surface area contributed by atoms with Crippen LogP contribution in [-0.2, 0) is 6.54 Å². The average molecular weight is 218 g/mol. The summed E-state index contributed by atoms with van der Waals surface area (Å²) in [4.78, 5) is 2.10. The van der Waals surface area contributed by atoms with Gasteiger partial charge < -0.3 is 5.11 Å². The van der Waals surface area contributed by atoms with Crippen molar-refractivity contribution in [1.82, 2.24) is 4.90 Å². The van der Waals surface area contributed by atoms with E-state index in [1.165, 1.54) is 5.56 Å². The molecule has 0 bridgehead atoms. The largest absolute Gasteiger partial charge is 0.395 e. The molecule has 0 saturated carbocycles. The van der Waals surface area contributed by atoms with E-state index in [1.807, 2.05) is 25.1 Å². The number of hydrogen-bond acceptors (Lipinski definition) is 3. The second-order valence-corrected chi connectivity index (χ2v) is 3.97. The summed E-state index contributed by atoms with van der Waals surface area (Å²) < 4.78 is 0. The molecule has 0 aliphatic rings. The first kappa shape index (κ1) is 12.7. The van der Waals surface area contributed by atoms with Crippen LogP contribution in [-0.4, -0.2) is 29.7 Å². The quantitative estimate of drug-likeness (QED) is 0.789. The zero-order valence-electron chi connectivity index (χ0n) is 9.63. The molecular weight excluding hydrogens is 200 g/mol. The van der Waals surface area contributed by atoms with E-state index < -0.39 is 0 Å². The standard InChI is InChI=1S/C13H18N2O/c1-12(9-14)10-15(7-8-16)11-13-5-3-2-4-6-13/h2-6,12,16H,7-8,10-11H2,1H3. The summed E-state index contributed by atoms with van der Waals surface area (Å²) in [5.41, 5.74) is 1.21. The maximum Gasteiger partial charge on any atom is 0.0666 e. The lowest BCUT2D eigenvalue weighted by Gasteiger charge is -2.22. The highest BCUT2D eigenvalue weighted by Gasteiger charge is 2.09. The number of rotatable bonds is 6. The van der Waals surface area contributed by atoms with Crippen molar-refractivity contribution in [2.45, 2.75) is 13.5 Å². The van der Waals surface area contributed by atoms with Gasteiger partial charge in [-0.05, 0) is 12.5 Å². The Morgan fingerprint density at radius 1 is 1.38 bits per heavy atom. The molecule has 86 valence electrons. The fraction of sp³-hybridized carbons (Fsp3) is 0.462. The van der Waals surface area contributed by atoms with E-state index in [1.54, 1.807) is 0 Å². The Kier molecular flexibility index (Phi) is 5.55. The number of aliphatic hydroxyl groups excluding tert-OH is 1. The van der Waals surface area contributed by atoms with Crippen LogP contribution in [0, 0.1) is 17.2 Å². The minimum absolute atomic E-state index is 0.00439. The smallest absolute Gasteiger partial charge is 0.0666 e. The highest BCUT2D eigenvalue weighted by Crippen LogP contribution is 2.06. The van der Waals surface area contributed by atoms with Gasteiger partial charge in [-0.15, -0.1) is 0 Å². The summed E-state index contributed by atoms with van der Waals surface area (Å²) in [7, 11) is 0. The Hall–Kier alpha value is -1.37. The summed E-state index contributed by atoms with van der Waals surface area (Å²) in [6.07, 6.45) is 0. The second kappa shape index (κ2) is 7.00. The molecule has 1 unspecified atom stereocenters. The van der Waals surface area contributed by atoms with E-state index in [0.29, 0.717) is 13.1 Å². The van der Waals surface area contributed by atoms with Gasteiger partial charge in [-0.3, -0.25) is 4.90 Å². The highest BCUT2D eigenvalue weighted by atomic mass is 16.3. The summed E-state index contributed by atoms with van der Waals surface area (Å²) in [5, 5.41) is 17.8. The van der Waals surface area contributed by atoms with Gasteiger partial charge in [0.2, 0.25) is 0 Å². The van der Waals surface area contributed by atoms with E-state index >= 15 is 0 Å². The SMILES string of the molecule is CC(C#N)CN(CCO)Cc1ccccc1. The summed E-state index contributed by atoms with van der Waals surface area (Å²) in [5.74, 6) is -0.00439. The molecule has 0 heterocycles. The van der Waals surface area contributed by atoms with Crippen LogP contribution >= 0.6 is 0 Å². The van der Waals surface area contributed by atoms with E-state index in [9.17, 15) is 0 Å². The van der Waals surface area contributed by atoms with Crippen LogP contribution in [0.4, 0.5) is 0 Å². The Labute approximate surface area is 96.9 Å². The van der Waals surface area contributed by atoms with E-state index in [2.05, 4.69) is 23.1 Å². The zero-order valence-corrected chi connectivity index (χ0v) is 9.63. The van der Waals surface area contributed by atoms with Gasteiger partial charge in [0.25, 0.3) is 0 Å². The fourth-order valence-electron chi connectivity index (χ4n) is 1.65. The van der Waals surface area contributed by atoms with E-state index in [0.717, 1.165) is 6.54 Å². The lowest BCUT2D eigenvalue weighted by Crippen LogP contribution is -2.30. The summed E-state index contributed by atoms with van der Waals surface area (Å²) in [6, 6.07) is 12.3. The lowest BCUT2D eigenvalue weighted by molar-refractivity contribution is 0.181. The third kappa shape index (κ3) is 4.43. The first-order valence-corrected chi connectivity index (χ1v) is 5.53. The minimum Gasteiger partial charge on any atom is -0.395 e. The minimum atomic E-state index is -0.00439. The zero-order chi connectivity index (χ0) is 11.8. The van der Waals surface area contributed by atoms with Gasteiger partial charge >= 0.3 is 0 Å². The molecule has 16 heavy (non-hydrogen) atoms. The summed E-state index contributed by atoms with van der Waals surface area (Å²) >= 11 is 0. The molecule has 1 rings (SSSR count). The van der Waals surface area contributed by atoms with Gasteiger partial charge in [0, 0.05) is 19.6 Å². The van der Waals surface area contributed by atoms with Crippen LogP contribution in [0.3, 0.4) is 0 Å². The van der Waals surface area contributed by atoms with Crippen LogP contribution in [0.25, 0.3) is 0 Å². The molecule has 0 aliphatic carbocycles. The van der Waals surface area contributed by atoms with Crippen molar-refractivity contribution in [3.8, 4) is 6.07 Å². The molecule has 0 saturated heterocycles. The predicted octanol–water partition coefficient (Wildman–Crippen LogP) is 1.64. The Morgan fingerprint density at radius 3 is 2.62 bits per heavy atom. The molecule has 0 fully saturated rings. The molecule has 3 heteroatoms. The molecular formula is C13H18N2O. The number of nitrogens with zero attached hydrogens (tertiary/aromatic N) is 2. The molecule has 3 nitrogen and oxygen atoms in total. The van der Waals surface area contributed by atoms with Gasteiger partial charge in [-0.25, -0.2) is 0 Å². The molecule has 1 atom stereocenters. The third-order valence-electron chi connectivity index (χ3n) is 2.42. The van der Waals surface area contributed by atoms with Crippen molar-refractivity contribution < 1.29 is 5.11 Å². The lowest BCUT2D eigenvalue weighted by atomic mass is 10.1. The van der Waals surface area contributed by atoms with Crippen LogP contribution < -0.4 is 0 Å². The highest BCUT2D eigenvalue weighted by molar-refractivity contribution is 5.14. The molecule has 1 aromatic rings. The number of nitriles is 1. The molecule has 0 spiro atoms. The molecule has 1 aromatic carbocycles. The molecule has 0 aromatic heterocycles. The van der Waals surface area contributed by atoms with Crippen LogP contribution in [0.15, 0.2) is 30.3 Å².